The van der Waals surface area contributed by atoms with Gasteiger partial charge in [0.05, 0.1) is 47.6 Å². The first kappa shape index (κ1) is 27.3. The highest BCUT2D eigenvalue weighted by atomic mass is 16.5. The Bertz CT molecular complexity index is 1560. The zero-order valence-electron chi connectivity index (χ0n) is 24.1. The van der Waals surface area contributed by atoms with Crippen molar-refractivity contribution in [2.75, 3.05) is 7.11 Å². The fourth-order valence-corrected chi connectivity index (χ4v) is 5.97. The maximum Gasteiger partial charge on any atom is 0.305 e. The Morgan fingerprint density at radius 1 is 1.00 bits per heavy atom. The molecule has 2 atom stereocenters. The number of aliphatic imine (C=N–C) groups is 3. The number of ether oxygens (including phenoxy) is 1. The molecule has 0 aliphatic carbocycles. The summed E-state index contributed by atoms with van der Waals surface area (Å²) in [6, 6.07) is 0. The molecule has 0 radical (unpaired) electrons. The van der Waals surface area contributed by atoms with Gasteiger partial charge in [0.25, 0.3) is 0 Å². The van der Waals surface area contributed by atoms with Gasteiger partial charge < -0.3 is 15.2 Å². The van der Waals surface area contributed by atoms with Crippen molar-refractivity contribution in [2.45, 2.75) is 53.9 Å². The number of nitrogens with one attached hydrogen (secondary N) is 1. The Balaban J connectivity index is 1.73. The van der Waals surface area contributed by atoms with Crippen molar-refractivity contribution >= 4 is 23.1 Å². The number of allylic oxidation sites excluding steroid dienone is 12. The lowest BCUT2D eigenvalue weighted by molar-refractivity contribution is -0.140. The van der Waals surface area contributed by atoms with Gasteiger partial charge in [-0.2, -0.15) is 0 Å². The molecule has 5 aliphatic rings. The van der Waals surface area contributed by atoms with E-state index in [1.807, 2.05) is 31.2 Å². The van der Waals surface area contributed by atoms with Crippen LogP contribution in [0.15, 0.2) is 120 Å². The Morgan fingerprint density at radius 2 is 1.70 bits per heavy atom. The van der Waals surface area contributed by atoms with Crippen LogP contribution in [0.2, 0.25) is 0 Å². The van der Waals surface area contributed by atoms with Crippen LogP contribution >= 0.6 is 0 Å². The Kier molecular flexibility index (Phi) is 7.32. The van der Waals surface area contributed by atoms with E-state index in [4.69, 9.17) is 19.7 Å². The van der Waals surface area contributed by atoms with E-state index in [-0.39, 0.29) is 17.8 Å². The van der Waals surface area contributed by atoms with Gasteiger partial charge >= 0.3 is 5.97 Å². The van der Waals surface area contributed by atoms with Crippen molar-refractivity contribution in [1.29, 1.82) is 0 Å². The largest absolute Gasteiger partial charge is 0.515 e. The molecule has 40 heavy (non-hydrogen) atoms. The highest BCUT2D eigenvalue weighted by Gasteiger charge is 2.35. The number of fused-ring (bicyclic) bond motifs is 5. The molecule has 0 amide bonds. The summed E-state index contributed by atoms with van der Waals surface area (Å²) in [7, 11) is 1.41. The Labute approximate surface area is 235 Å². The van der Waals surface area contributed by atoms with E-state index < -0.39 is 0 Å². The topological polar surface area (TPSA) is 95.6 Å². The molecule has 5 aliphatic heterocycles. The summed E-state index contributed by atoms with van der Waals surface area (Å²) < 4.78 is 4.93. The molecule has 0 aromatic heterocycles. The lowest BCUT2D eigenvalue weighted by Gasteiger charge is -2.15. The minimum atomic E-state index is -0.237. The number of hydrogen-bond acceptors (Lipinski definition) is 7. The molecule has 5 rings (SSSR count). The number of hydrogen-bond donors (Lipinski definition) is 2. The molecule has 0 unspecified atom stereocenters. The molecule has 0 saturated carbocycles. The molecule has 2 N–H and O–H groups in total. The first-order chi connectivity index (χ1) is 19.2. The van der Waals surface area contributed by atoms with E-state index in [9.17, 15) is 9.90 Å². The molecule has 206 valence electrons. The summed E-state index contributed by atoms with van der Waals surface area (Å²) in [4.78, 5) is 27.0. The Hall–Kier alpha value is -4.26. The van der Waals surface area contributed by atoms with Gasteiger partial charge in [0.15, 0.2) is 0 Å². The monoisotopic (exact) mass is 536 g/mol. The standard InChI is InChI=1S/C33H36N4O3/c1-8-21-17(3)25-12-26-19(5)23(10-11-33(39)40-7)31(36-26)15-32-24(16-38)20(6)28(37-32)14-30-22(9-2)18(4)27(35-30)13-29(21)34-25/h8,12-16,19,23,36,38H,1,9-11H2,2-7H3/b24-16+,26-12?,29-13?,30-14?,31-15?/t19-,23-/m0/s1. The fraction of sp³-hybridized carbons (Fsp3) is 0.333. The van der Waals surface area contributed by atoms with Crippen LogP contribution in [-0.2, 0) is 9.53 Å². The summed E-state index contributed by atoms with van der Waals surface area (Å²) in [6.45, 7) is 14.5. The number of carbonyl (C=O) groups excluding carboxylic acids is 1. The van der Waals surface area contributed by atoms with Crippen LogP contribution in [-0.4, -0.2) is 35.3 Å². The number of methoxy groups -OCH3 is 1. The summed E-state index contributed by atoms with van der Waals surface area (Å²) in [6.07, 6.45) is 12.9. The molecule has 1 saturated heterocycles. The normalized spacial score (nSPS) is 24.9. The van der Waals surface area contributed by atoms with Crippen molar-refractivity contribution in [2.24, 2.45) is 26.8 Å². The summed E-state index contributed by atoms with van der Waals surface area (Å²) in [5, 5.41) is 13.8. The van der Waals surface area contributed by atoms with Gasteiger partial charge in [0.2, 0.25) is 0 Å². The zero-order valence-corrected chi connectivity index (χ0v) is 24.1. The number of aliphatic hydroxyl groups excluding tert-OH is 1. The lowest BCUT2D eigenvalue weighted by atomic mass is 9.87. The average molecular weight is 537 g/mol. The smallest absolute Gasteiger partial charge is 0.305 e. The summed E-state index contributed by atoms with van der Waals surface area (Å²) in [5.41, 5.74) is 12.7. The van der Waals surface area contributed by atoms with Gasteiger partial charge in [0.1, 0.15) is 0 Å². The molecule has 7 nitrogen and oxygen atoms in total. The van der Waals surface area contributed by atoms with Crippen LogP contribution in [0, 0.1) is 11.8 Å². The summed E-state index contributed by atoms with van der Waals surface area (Å²) in [5.74, 6) is -0.108. The van der Waals surface area contributed by atoms with Gasteiger partial charge in [-0.1, -0.05) is 26.5 Å². The number of aliphatic hydroxyl groups is 1. The van der Waals surface area contributed by atoms with E-state index in [1.165, 1.54) is 7.11 Å². The Morgan fingerprint density at radius 3 is 2.38 bits per heavy atom. The van der Waals surface area contributed by atoms with E-state index in [2.05, 4.69) is 45.7 Å². The summed E-state index contributed by atoms with van der Waals surface area (Å²) >= 11 is 0. The molecule has 1 fully saturated rings. The van der Waals surface area contributed by atoms with Gasteiger partial charge in [-0.05, 0) is 80.2 Å². The molecule has 7 heteroatoms. The van der Waals surface area contributed by atoms with Gasteiger partial charge in [0, 0.05) is 40.8 Å². The van der Waals surface area contributed by atoms with E-state index in [0.29, 0.717) is 24.1 Å². The van der Waals surface area contributed by atoms with Crippen molar-refractivity contribution in [3.63, 3.8) is 0 Å². The number of nitrogens with zero attached hydrogens (tertiary/aromatic N) is 3. The van der Waals surface area contributed by atoms with Crippen molar-refractivity contribution in [3.8, 4) is 0 Å². The van der Waals surface area contributed by atoms with Gasteiger partial charge in [-0.15, -0.1) is 0 Å². The quantitative estimate of drug-likeness (QED) is 0.304. The number of rotatable bonds is 5. The lowest BCUT2D eigenvalue weighted by Crippen LogP contribution is -2.13. The first-order valence-electron chi connectivity index (χ1n) is 13.8. The van der Waals surface area contributed by atoms with Gasteiger partial charge in [-0.25, -0.2) is 15.0 Å². The molecular weight excluding hydrogens is 500 g/mol. The average Bonchev–Trinajstić information content (AvgIpc) is 3.60. The third-order valence-corrected chi connectivity index (χ3v) is 8.48. The SMILES string of the molecule is C=CC1=C(C)C2=NC1=CC1=NC(=CC3=C(C)/C(=C\O)C(=N3)C=C3NC(=C2)[C@@H](C)[C@@H]3CCC(=O)OC)C(CC)=C1C. The molecule has 8 bridgehead atoms. The molecule has 0 aromatic carbocycles. The maximum absolute atomic E-state index is 12.1. The number of esters is 1. The van der Waals surface area contributed by atoms with Crippen LogP contribution in [0.4, 0.5) is 0 Å². The predicted octanol–water partition coefficient (Wildman–Crippen LogP) is 6.65. The number of carbonyl (C=O) groups is 1. The predicted molar refractivity (Wildman–Crippen MR) is 161 cm³/mol. The third kappa shape index (κ3) is 4.59. The highest BCUT2D eigenvalue weighted by Crippen LogP contribution is 2.40. The van der Waals surface area contributed by atoms with Crippen LogP contribution in [0.3, 0.4) is 0 Å². The fourth-order valence-electron chi connectivity index (χ4n) is 5.97. The molecule has 0 aromatic rings. The van der Waals surface area contributed by atoms with Crippen molar-refractivity contribution < 1.29 is 14.6 Å². The van der Waals surface area contributed by atoms with Crippen LogP contribution in [0.1, 0.15) is 53.9 Å². The van der Waals surface area contributed by atoms with Crippen LogP contribution in [0.25, 0.3) is 0 Å². The second-order valence-corrected chi connectivity index (χ2v) is 10.6. The second-order valence-electron chi connectivity index (χ2n) is 10.6. The minimum Gasteiger partial charge on any atom is -0.515 e. The zero-order chi connectivity index (χ0) is 28.7. The van der Waals surface area contributed by atoms with Crippen LogP contribution < -0.4 is 5.32 Å². The van der Waals surface area contributed by atoms with E-state index in [0.717, 1.165) is 80.5 Å². The second kappa shape index (κ2) is 10.7. The third-order valence-electron chi connectivity index (χ3n) is 8.48. The molecule has 0 spiro atoms. The van der Waals surface area contributed by atoms with Crippen molar-refractivity contribution in [1.82, 2.24) is 5.32 Å². The molecular formula is C33H36N4O3. The first-order valence-corrected chi connectivity index (χ1v) is 13.8. The van der Waals surface area contributed by atoms with E-state index >= 15 is 0 Å². The highest BCUT2D eigenvalue weighted by molar-refractivity contribution is 6.17. The molecule has 5 heterocycles. The van der Waals surface area contributed by atoms with Gasteiger partial charge in [-0.3, -0.25) is 4.79 Å². The minimum absolute atomic E-state index is 0.0328. The van der Waals surface area contributed by atoms with Crippen molar-refractivity contribution in [3.05, 3.63) is 105 Å². The van der Waals surface area contributed by atoms with Crippen LogP contribution in [0.5, 0.6) is 0 Å². The van der Waals surface area contributed by atoms with E-state index in [1.54, 1.807) is 0 Å². The maximum atomic E-state index is 12.1.